The van der Waals surface area contributed by atoms with Crippen molar-refractivity contribution in [1.29, 1.82) is 0 Å². The van der Waals surface area contributed by atoms with Gasteiger partial charge in [-0.2, -0.15) is 0 Å². The van der Waals surface area contributed by atoms with E-state index < -0.39 is 5.97 Å². The number of nitrogens with one attached hydrogen (secondary N) is 1. The summed E-state index contributed by atoms with van der Waals surface area (Å²) in [6.07, 6.45) is 1.93. The van der Waals surface area contributed by atoms with Gasteiger partial charge in [-0.1, -0.05) is 17.7 Å². The standard InChI is InChI=1S/C11H12ClNO2/c12-8-3-1-7-2-4-9(6-11(14)15)13-10(7)5-8/h1,3,5,9,13H,2,4,6H2,(H,14,15). The van der Waals surface area contributed by atoms with E-state index in [4.69, 9.17) is 16.7 Å². The fourth-order valence-corrected chi connectivity index (χ4v) is 2.06. The predicted molar refractivity (Wildman–Crippen MR) is 59.4 cm³/mol. The quantitative estimate of drug-likeness (QED) is 0.813. The van der Waals surface area contributed by atoms with Crippen LogP contribution in [0, 0.1) is 0 Å². The molecule has 1 aromatic carbocycles. The Morgan fingerprint density at radius 3 is 3.13 bits per heavy atom. The van der Waals surface area contributed by atoms with E-state index in [0.717, 1.165) is 18.5 Å². The third kappa shape index (κ3) is 2.42. The zero-order valence-electron chi connectivity index (χ0n) is 8.16. The van der Waals surface area contributed by atoms with Crippen LogP contribution in [0.2, 0.25) is 5.02 Å². The maximum absolute atomic E-state index is 10.6. The molecule has 15 heavy (non-hydrogen) atoms. The Hall–Kier alpha value is -1.22. The van der Waals surface area contributed by atoms with Crippen LogP contribution >= 0.6 is 11.6 Å². The molecule has 3 nitrogen and oxygen atoms in total. The minimum atomic E-state index is -0.766. The molecule has 2 rings (SSSR count). The number of rotatable bonds is 2. The molecule has 2 N–H and O–H groups in total. The van der Waals surface area contributed by atoms with E-state index in [1.165, 1.54) is 5.56 Å². The highest BCUT2D eigenvalue weighted by atomic mass is 35.5. The smallest absolute Gasteiger partial charge is 0.305 e. The van der Waals surface area contributed by atoms with Crippen LogP contribution in [-0.2, 0) is 11.2 Å². The molecule has 1 atom stereocenters. The van der Waals surface area contributed by atoms with Gasteiger partial charge >= 0.3 is 5.97 Å². The van der Waals surface area contributed by atoms with Crippen molar-refractivity contribution in [2.75, 3.05) is 5.32 Å². The van der Waals surface area contributed by atoms with Crippen molar-refractivity contribution >= 4 is 23.3 Å². The van der Waals surface area contributed by atoms with E-state index in [-0.39, 0.29) is 12.5 Å². The van der Waals surface area contributed by atoms with E-state index in [1.807, 2.05) is 18.2 Å². The number of benzene rings is 1. The Morgan fingerprint density at radius 2 is 2.40 bits per heavy atom. The van der Waals surface area contributed by atoms with Crippen molar-refractivity contribution in [2.24, 2.45) is 0 Å². The number of aliphatic carboxylic acids is 1. The van der Waals surface area contributed by atoms with Gasteiger partial charge < -0.3 is 10.4 Å². The maximum atomic E-state index is 10.6. The molecule has 1 unspecified atom stereocenters. The topological polar surface area (TPSA) is 49.3 Å². The van der Waals surface area contributed by atoms with Gasteiger partial charge in [0.25, 0.3) is 0 Å². The summed E-state index contributed by atoms with van der Waals surface area (Å²) in [6, 6.07) is 5.72. The van der Waals surface area contributed by atoms with Crippen molar-refractivity contribution in [1.82, 2.24) is 0 Å². The predicted octanol–water partition coefficient (Wildman–Crippen LogP) is 2.54. The summed E-state index contributed by atoms with van der Waals surface area (Å²) in [5, 5.41) is 12.6. The van der Waals surface area contributed by atoms with Gasteiger partial charge in [0.15, 0.2) is 0 Å². The fraction of sp³-hybridized carbons (Fsp3) is 0.364. The number of anilines is 1. The maximum Gasteiger partial charge on any atom is 0.305 e. The lowest BCUT2D eigenvalue weighted by Gasteiger charge is -2.26. The third-order valence-electron chi connectivity index (χ3n) is 2.61. The fourth-order valence-electron chi connectivity index (χ4n) is 1.89. The molecule has 80 valence electrons. The number of aryl methyl sites for hydroxylation is 1. The molecule has 0 fully saturated rings. The number of hydrogen-bond acceptors (Lipinski definition) is 2. The van der Waals surface area contributed by atoms with E-state index >= 15 is 0 Å². The van der Waals surface area contributed by atoms with Crippen LogP contribution in [0.5, 0.6) is 0 Å². The van der Waals surface area contributed by atoms with Gasteiger partial charge in [0.05, 0.1) is 6.42 Å². The molecular weight excluding hydrogens is 214 g/mol. The van der Waals surface area contributed by atoms with Crippen LogP contribution in [-0.4, -0.2) is 17.1 Å². The molecule has 0 amide bonds. The number of carboxylic acids is 1. The van der Waals surface area contributed by atoms with Gasteiger partial charge in [-0.3, -0.25) is 4.79 Å². The summed E-state index contributed by atoms with van der Waals surface area (Å²) in [7, 11) is 0. The molecule has 0 aromatic heterocycles. The van der Waals surface area contributed by atoms with Gasteiger partial charge in [-0.15, -0.1) is 0 Å². The summed E-state index contributed by atoms with van der Waals surface area (Å²) in [5.74, 6) is -0.766. The van der Waals surface area contributed by atoms with E-state index in [9.17, 15) is 4.79 Å². The van der Waals surface area contributed by atoms with Crippen molar-refractivity contribution in [3.63, 3.8) is 0 Å². The first-order valence-electron chi connectivity index (χ1n) is 4.92. The summed E-state index contributed by atoms with van der Waals surface area (Å²) < 4.78 is 0. The lowest BCUT2D eigenvalue weighted by atomic mass is 9.96. The van der Waals surface area contributed by atoms with Crippen LogP contribution in [0.25, 0.3) is 0 Å². The number of fused-ring (bicyclic) bond motifs is 1. The van der Waals surface area contributed by atoms with Crippen LogP contribution in [0.4, 0.5) is 5.69 Å². The minimum absolute atomic E-state index is 0.0217. The largest absolute Gasteiger partial charge is 0.481 e. The van der Waals surface area contributed by atoms with Crippen LogP contribution in [0.1, 0.15) is 18.4 Å². The molecule has 0 saturated heterocycles. The average Bonchev–Trinajstić information content (AvgIpc) is 2.16. The molecule has 0 saturated carbocycles. The normalized spacial score (nSPS) is 19.1. The Balaban J connectivity index is 2.14. The van der Waals surface area contributed by atoms with Crippen molar-refractivity contribution < 1.29 is 9.90 Å². The van der Waals surface area contributed by atoms with Gasteiger partial charge in [-0.25, -0.2) is 0 Å². The Morgan fingerprint density at radius 1 is 1.60 bits per heavy atom. The molecule has 0 radical (unpaired) electrons. The Bertz CT molecular complexity index is 392. The average molecular weight is 226 g/mol. The summed E-state index contributed by atoms with van der Waals surface area (Å²) in [4.78, 5) is 10.6. The summed E-state index contributed by atoms with van der Waals surface area (Å²) >= 11 is 5.87. The van der Waals surface area contributed by atoms with Crippen molar-refractivity contribution in [3.8, 4) is 0 Å². The lowest BCUT2D eigenvalue weighted by molar-refractivity contribution is -0.137. The van der Waals surface area contributed by atoms with E-state index in [2.05, 4.69) is 5.32 Å². The third-order valence-corrected chi connectivity index (χ3v) is 2.85. The highest BCUT2D eigenvalue weighted by Crippen LogP contribution is 2.28. The first kappa shape index (κ1) is 10.3. The number of halogens is 1. The molecule has 0 bridgehead atoms. The Kier molecular flexibility index (Phi) is 2.82. The number of carboxylic acid groups (broad SMARTS) is 1. The summed E-state index contributed by atoms with van der Waals surface area (Å²) in [6.45, 7) is 0. The minimum Gasteiger partial charge on any atom is -0.481 e. The van der Waals surface area contributed by atoms with Gasteiger partial charge in [0, 0.05) is 16.8 Å². The SMILES string of the molecule is O=C(O)CC1CCc2ccc(Cl)cc2N1. The molecule has 0 spiro atoms. The molecule has 4 heteroatoms. The zero-order chi connectivity index (χ0) is 10.8. The highest BCUT2D eigenvalue weighted by molar-refractivity contribution is 6.30. The van der Waals surface area contributed by atoms with Crippen LogP contribution in [0.3, 0.4) is 0 Å². The van der Waals surface area contributed by atoms with Gasteiger partial charge in [-0.05, 0) is 30.5 Å². The second-order valence-electron chi connectivity index (χ2n) is 3.78. The van der Waals surface area contributed by atoms with Crippen molar-refractivity contribution in [3.05, 3.63) is 28.8 Å². The van der Waals surface area contributed by atoms with Crippen LogP contribution < -0.4 is 5.32 Å². The lowest BCUT2D eigenvalue weighted by Crippen LogP contribution is -2.27. The highest BCUT2D eigenvalue weighted by Gasteiger charge is 2.19. The zero-order valence-corrected chi connectivity index (χ0v) is 8.92. The second kappa shape index (κ2) is 4.11. The first-order valence-corrected chi connectivity index (χ1v) is 5.29. The second-order valence-corrected chi connectivity index (χ2v) is 4.22. The molecule has 1 heterocycles. The van der Waals surface area contributed by atoms with Crippen LogP contribution in [0.15, 0.2) is 18.2 Å². The first-order chi connectivity index (χ1) is 7.15. The molecule has 1 aromatic rings. The number of carbonyl (C=O) groups is 1. The summed E-state index contributed by atoms with van der Waals surface area (Å²) in [5.41, 5.74) is 2.18. The molecule has 1 aliphatic rings. The van der Waals surface area contributed by atoms with Gasteiger partial charge in [0.1, 0.15) is 0 Å². The number of hydrogen-bond donors (Lipinski definition) is 2. The molecular formula is C11H12ClNO2. The van der Waals surface area contributed by atoms with Gasteiger partial charge in [0.2, 0.25) is 0 Å². The monoisotopic (exact) mass is 225 g/mol. The molecule has 0 aliphatic carbocycles. The van der Waals surface area contributed by atoms with E-state index in [1.54, 1.807) is 0 Å². The van der Waals surface area contributed by atoms with E-state index in [0.29, 0.717) is 5.02 Å². The molecule has 1 aliphatic heterocycles. The Labute approximate surface area is 93.1 Å². The van der Waals surface area contributed by atoms with Crippen molar-refractivity contribution in [2.45, 2.75) is 25.3 Å².